The highest BCUT2D eigenvalue weighted by atomic mass is 16.7. The molecule has 2 fully saturated rings. The van der Waals surface area contributed by atoms with Crippen LogP contribution >= 0.6 is 0 Å². The molecule has 0 aromatic rings. The number of nitrogens with one attached hydrogen (secondary N) is 1. The van der Waals surface area contributed by atoms with Crippen LogP contribution in [0.25, 0.3) is 0 Å². The van der Waals surface area contributed by atoms with Gasteiger partial charge in [-0.1, -0.05) is 167 Å². The first-order chi connectivity index (χ1) is 36.1. The summed E-state index contributed by atoms with van der Waals surface area (Å²) in [7, 11) is 0. The van der Waals surface area contributed by atoms with Crippen molar-refractivity contribution in [1.29, 1.82) is 0 Å². The summed E-state index contributed by atoms with van der Waals surface area (Å²) < 4.78 is 22.7. The molecular weight excluding hydrogens is 943 g/mol. The average molecular weight is 1040 g/mol. The Morgan fingerprint density at radius 1 is 0.500 bits per heavy atom. The predicted molar refractivity (Wildman–Crippen MR) is 295 cm³/mol. The van der Waals surface area contributed by atoms with Gasteiger partial charge in [-0.25, -0.2) is 0 Å². The first kappa shape index (κ1) is 66.5. The van der Waals surface area contributed by atoms with E-state index in [9.17, 15) is 45.6 Å². The Kier molecular flexibility index (Phi) is 40.0. The minimum absolute atomic E-state index is 0.238. The fraction of sp³-hybridized carbons (Fsp3) is 0.650. The highest BCUT2D eigenvalue weighted by Crippen LogP contribution is 2.30. The highest BCUT2D eigenvalue weighted by molar-refractivity contribution is 5.76. The van der Waals surface area contributed by atoms with Crippen LogP contribution in [0, 0.1) is 0 Å². The maximum absolute atomic E-state index is 13.2. The maximum atomic E-state index is 13.2. The Morgan fingerprint density at radius 2 is 0.946 bits per heavy atom. The summed E-state index contributed by atoms with van der Waals surface area (Å²) >= 11 is 0. The molecule has 2 saturated heterocycles. The molecule has 0 spiro atoms. The van der Waals surface area contributed by atoms with Gasteiger partial charge in [0.25, 0.3) is 0 Å². The number of aliphatic hydroxyl groups is 8. The van der Waals surface area contributed by atoms with Crippen molar-refractivity contribution in [2.45, 2.75) is 229 Å². The molecule has 2 aliphatic heterocycles. The van der Waals surface area contributed by atoms with Crippen molar-refractivity contribution in [3.05, 3.63) is 122 Å². The Bertz CT molecular complexity index is 1700. The van der Waals surface area contributed by atoms with E-state index in [1.165, 1.54) is 19.3 Å². The topological polar surface area (TPSA) is 228 Å². The van der Waals surface area contributed by atoms with Gasteiger partial charge in [-0.3, -0.25) is 4.79 Å². The van der Waals surface area contributed by atoms with Gasteiger partial charge < -0.3 is 65.1 Å². The molecule has 0 aromatic carbocycles. The van der Waals surface area contributed by atoms with Crippen LogP contribution in [0.15, 0.2) is 122 Å². The summed E-state index contributed by atoms with van der Waals surface area (Å²) in [6.07, 6.45) is 46.6. The van der Waals surface area contributed by atoms with E-state index in [0.717, 1.165) is 103 Å². The van der Waals surface area contributed by atoms with E-state index in [0.29, 0.717) is 12.8 Å². The zero-order valence-electron chi connectivity index (χ0n) is 44.8. The Morgan fingerprint density at radius 3 is 1.49 bits per heavy atom. The van der Waals surface area contributed by atoms with Crippen LogP contribution in [0.5, 0.6) is 0 Å². The second kappa shape index (κ2) is 44.5. The summed E-state index contributed by atoms with van der Waals surface area (Å²) in [5.74, 6) is -0.280. The number of ether oxygens (including phenoxy) is 4. The lowest BCUT2D eigenvalue weighted by atomic mass is 9.97. The third kappa shape index (κ3) is 30.2. The number of rotatable bonds is 41. The van der Waals surface area contributed by atoms with Crippen LogP contribution in [0.4, 0.5) is 0 Å². The lowest BCUT2D eigenvalue weighted by Crippen LogP contribution is -2.65. The van der Waals surface area contributed by atoms with Crippen LogP contribution in [-0.2, 0) is 23.7 Å². The molecule has 2 aliphatic rings. The normalized spacial score (nSPS) is 26.2. The van der Waals surface area contributed by atoms with Crippen molar-refractivity contribution in [1.82, 2.24) is 5.32 Å². The Balaban J connectivity index is 1.79. The fourth-order valence-corrected chi connectivity index (χ4v) is 8.12. The molecule has 14 nitrogen and oxygen atoms in total. The third-order valence-electron chi connectivity index (χ3n) is 12.6. The Labute approximate surface area is 444 Å². The van der Waals surface area contributed by atoms with Gasteiger partial charge in [0.1, 0.15) is 48.8 Å². The predicted octanol–water partition coefficient (Wildman–Crippen LogP) is 8.66. The van der Waals surface area contributed by atoms with E-state index >= 15 is 0 Å². The number of carbonyl (C=O) groups excluding carboxylic acids is 1. The molecule has 0 aliphatic carbocycles. The molecule has 0 saturated carbocycles. The van der Waals surface area contributed by atoms with Gasteiger partial charge in [0.2, 0.25) is 5.91 Å². The first-order valence-electron chi connectivity index (χ1n) is 27.8. The zero-order chi connectivity index (χ0) is 53.9. The molecule has 420 valence electrons. The van der Waals surface area contributed by atoms with Gasteiger partial charge in [-0.15, -0.1) is 0 Å². The molecule has 0 bridgehead atoms. The molecule has 2 rings (SSSR count). The molecular formula is C60H97NO13. The van der Waals surface area contributed by atoms with Crippen molar-refractivity contribution in [2.24, 2.45) is 0 Å². The highest BCUT2D eigenvalue weighted by Gasteiger charge is 2.51. The summed E-state index contributed by atoms with van der Waals surface area (Å²) in [5, 5.41) is 86.8. The van der Waals surface area contributed by atoms with Gasteiger partial charge in [0.05, 0.1) is 32.0 Å². The lowest BCUT2D eigenvalue weighted by Gasteiger charge is -2.46. The number of carbonyl (C=O) groups is 1. The second-order valence-corrected chi connectivity index (χ2v) is 19.0. The summed E-state index contributed by atoms with van der Waals surface area (Å²) in [6.45, 7) is 2.57. The van der Waals surface area contributed by atoms with Crippen molar-refractivity contribution >= 4 is 5.91 Å². The van der Waals surface area contributed by atoms with Crippen LogP contribution in [-0.4, -0.2) is 140 Å². The number of amides is 1. The lowest BCUT2D eigenvalue weighted by molar-refractivity contribution is -0.359. The maximum Gasteiger partial charge on any atom is 0.220 e. The van der Waals surface area contributed by atoms with E-state index in [2.05, 4.69) is 129 Å². The number of allylic oxidation sites excluding steroid dienone is 19. The standard InChI is InChI=1S/C60H97NO13/c1-3-5-7-9-11-13-15-17-18-19-20-21-22-23-24-25-26-27-28-29-30-32-34-36-38-40-42-44-52(65)61-48(49(64)43-41-39-37-35-33-31-16-14-12-10-8-6-4-2)47-71-59-57(70)55(68)58(51(46-63)73-59)74-60-56(69)54(67)53(66)50(45-62)72-60/h5,7,11-14,17-18,20-21,23-24,26-27,29-30,33,35,41,43,48-51,53-60,62-64,66-70H,3-4,6,8-10,15-16,19,22,25,28,31-32,34,36-40,42,44-47H2,1-2H3,(H,61,65)/b7-5-,13-11-,14-12+,18-17-,21-20-,24-23-,27-26-,30-29-,35-33+,43-41+. The average Bonchev–Trinajstić information content (AvgIpc) is 3.40. The van der Waals surface area contributed by atoms with Crippen molar-refractivity contribution in [2.75, 3.05) is 19.8 Å². The summed E-state index contributed by atoms with van der Waals surface area (Å²) in [4.78, 5) is 13.2. The molecule has 0 aromatic heterocycles. The van der Waals surface area contributed by atoms with Crippen LogP contribution < -0.4 is 5.32 Å². The van der Waals surface area contributed by atoms with E-state index < -0.39 is 86.8 Å². The van der Waals surface area contributed by atoms with Crippen molar-refractivity contribution in [3.8, 4) is 0 Å². The molecule has 12 atom stereocenters. The summed E-state index contributed by atoms with van der Waals surface area (Å²) in [5.41, 5.74) is 0. The number of hydrogen-bond acceptors (Lipinski definition) is 13. The molecule has 12 unspecified atom stereocenters. The van der Waals surface area contributed by atoms with Gasteiger partial charge in [0, 0.05) is 6.42 Å². The SMILES string of the molecule is CC/C=C\C/C=C\C/C=C\C/C=C\C/C=C\C/C=C\C/C=C\CCCCCCCC(=O)NC(COC1OC(CO)C(OC2OC(CO)C(O)C(O)C2O)C(O)C1O)C(O)/C=C/CC/C=C/CC/C=C/CCCCC. The number of hydrogen-bond donors (Lipinski definition) is 9. The molecule has 14 heteroatoms. The van der Waals surface area contributed by atoms with Gasteiger partial charge in [-0.05, 0) is 103 Å². The monoisotopic (exact) mass is 1040 g/mol. The van der Waals surface area contributed by atoms with E-state index in [-0.39, 0.29) is 18.9 Å². The van der Waals surface area contributed by atoms with Crippen LogP contribution in [0.1, 0.15) is 155 Å². The molecule has 9 N–H and O–H groups in total. The van der Waals surface area contributed by atoms with E-state index in [1.807, 2.05) is 6.08 Å². The van der Waals surface area contributed by atoms with Crippen molar-refractivity contribution < 1.29 is 64.6 Å². The molecule has 2 heterocycles. The second-order valence-electron chi connectivity index (χ2n) is 19.0. The summed E-state index contributed by atoms with van der Waals surface area (Å²) in [6, 6.07) is -0.957. The van der Waals surface area contributed by atoms with Crippen LogP contribution in [0.3, 0.4) is 0 Å². The smallest absolute Gasteiger partial charge is 0.220 e. The van der Waals surface area contributed by atoms with E-state index in [4.69, 9.17) is 18.9 Å². The third-order valence-corrected chi connectivity index (χ3v) is 12.6. The van der Waals surface area contributed by atoms with Gasteiger partial charge >= 0.3 is 0 Å². The quantitative estimate of drug-likeness (QED) is 0.0207. The minimum Gasteiger partial charge on any atom is -0.394 e. The molecule has 0 radical (unpaired) electrons. The zero-order valence-corrected chi connectivity index (χ0v) is 44.8. The van der Waals surface area contributed by atoms with Crippen molar-refractivity contribution in [3.63, 3.8) is 0 Å². The Hall–Kier alpha value is -3.61. The molecule has 1 amide bonds. The largest absolute Gasteiger partial charge is 0.394 e. The first-order valence-corrected chi connectivity index (χ1v) is 27.8. The molecule has 74 heavy (non-hydrogen) atoms. The van der Waals surface area contributed by atoms with Crippen LogP contribution in [0.2, 0.25) is 0 Å². The van der Waals surface area contributed by atoms with Gasteiger partial charge in [0.15, 0.2) is 12.6 Å². The number of unbranched alkanes of at least 4 members (excludes halogenated alkanes) is 10. The number of aliphatic hydroxyl groups excluding tert-OH is 8. The van der Waals surface area contributed by atoms with Gasteiger partial charge in [-0.2, -0.15) is 0 Å². The fourth-order valence-electron chi connectivity index (χ4n) is 8.12. The minimum atomic E-state index is -1.80. The van der Waals surface area contributed by atoms with E-state index in [1.54, 1.807) is 6.08 Å².